The van der Waals surface area contributed by atoms with Gasteiger partial charge in [-0.2, -0.15) is 0 Å². The summed E-state index contributed by atoms with van der Waals surface area (Å²) in [6.07, 6.45) is 6.74. The molecule has 0 saturated heterocycles. The van der Waals surface area contributed by atoms with Crippen molar-refractivity contribution in [2.45, 2.75) is 45.6 Å². The molecule has 1 unspecified atom stereocenters. The van der Waals surface area contributed by atoms with E-state index < -0.39 is 0 Å². The number of aromatic nitrogens is 1. The monoisotopic (exact) mass is 281 g/mol. The lowest BCUT2D eigenvalue weighted by Crippen LogP contribution is -2.31. The number of hydrogen-bond donors (Lipinski definition) is 2. The van der Waals surface area contributed by atoms with E-state index in [9.17, 15) is 0 Å². The first-order valence-corrected chi connectivity index (χ1v) is 7.64. The molecule has 3 nitrogen and oxygen atoms in total. The molecule has 1 fully saturated rings. The van der Waals surface area contributed by atoms with Gasteiger partial charge in [-0.05, 0) is 37.3 Å². The quantitative estimate of drug-likeness (QED) is 0.883. The van der Waals surface area contributed by atoms with E-state index in [1.807, 2.05) is 6.07 Å². The van der Waals surface area contributed by atoms with Gasteiger partial charge in [0.05, 0.1) is 5.02 Å². The number of nitrogens with one attached hydrogen (secondary N) is 1. The minimum absolute atomic E-state index is 0.281. The summed E-state index contributed by atoms with van der Waals surface area (Å²) in [6, 6.07) is 2.25. The van der Waals surface area contributed by atoms with Crippen LogP contribution in [0.5, 0.6) is 0 Å². The van der Waals surface area contributed by atoms with E-state index in [4.69, 9.17) is 17.3 Å². The van der Waals surface area contributed by atoms with Crippen molar-refractivity contribution in [2.24, 2.45) is 11.8 Å². The molecule has 3 N–H and O–H groups in total. The second kappa shape index (κ2) is 6.58. The third kappa shape index (κ3) is 3.61. The fraction of sp³-hybridized carbons (Fsp3) is 0.667. The van der Waals surface area contributed by atoms with Gasteiger partial charge in [0.15, 0.2) is 0 Å². The molecule has 1 aromatic rings. The van der Waals surface area contributed by atoms with Crippen molar-refractivity contribution >= 4 is 17.4 Å². The first-order valence-electron chi connectivity index (χ1n) is 7.26. The van der Waals surface area contributed by atoms with Crippen LogP contribution in [-0.2, 0) is 0 Å². The minimum Gasteiger partial charge on any atom is -0.383 e. The molecular weight excluding hydrogens is 258 g/mol. The zero-order valence-corrected chi connectivity index (χ0v) is 12.6. The van der Waals surface area contributed by atoms with Gasteiger partial charge in [-0.15, -0.1) is 0 Å². The Balaban J connectivity index is 2.21. The normalized spacial score (nSPS) is 25.2. The summed E-state index contributed by atoms with van der Waals surface area (Å²) in [5.41, 5.74) is 7.11. The van der Waals surface area contributed by atoms with Crippen LogP contribution in [0.2, 0.25) is 5.02 Å². The van der Waals surface area contributed by atoms with E-state index in [0.29, 0.717) is 16.8 Å². The molecule has 0 bridgehead atoms. The fourth-order valence-electron chi connectivity index (χ4n) is 3.08. The van der Waals surface area contributed by atoms with E-state index >= 15 is 0 Å². The number of nitrogens with two attached hydrogens (primary N) is 1. The van der Waals surface area contributed by atoms with Gasteiger partial charge in [0.25, 0.3) is 0 Å². The molecular formula is C15H24ClN3. The molecule has 0 radical (unpaired) electrons. The van der Waals surface area contributed by atoms with E-state index in [-0.39, 0.29) is 6.04 Å². The van der Waals surface area contributed by atoms with E-state index in [0.717, 1.165) is 18.0 Å². The molecule has 1 aliphatic carbocycles. The lowest BCUT2D eigenvalue weighted by atomic mass is 9.77. The number of anilines is 1. The zero-order valence-electron chi connectivity index (χ0n) is 11.8. The molecule has 0 aromatic carbocycles. The van der Waals surface area contributed by atoms with E-state index in [1.165, 1.54) is 25.7 Å². The van der Waals surface area contributed by atoms with Crippen LogP contribution in [0.1, 0.15) is 51.1 Å². The van der Waals surface area contributed by atoms with Gasteiger partial charge < -0.3 is 11.1 Å². The Morgan fingerprint density at radius 3 is 2.74 bits per heavy atom. The van der Waals surface area contributed by atoms with Gasteiger partial charge in [0, 0.05) is 17.8 Å². The van der Waals surface area contributed by atoms with Crippen LogP contribution >= 0.6 is 11.6 Å². The highest BCUT2D eigenvalue weighted by Crippen LogP contribution is 2.38. The molecule has 4 heteroatoms. The van der Waals surface area contributed by atoms with Crippen LogP contribution < -0.4 is 11.1 Å². The van der Waals surface area contributed by atoms with Crippen molar-refractivity contribution in [3.8, 4) is 0 Å². The van der Waals surface area contributed by atoms with Crippen molar-refractivity contribution in [1.82, 2.24) is 10.3 Å². The molecule has 1 saturated carbocycles. The van der Waals surface area contributed by atoms with Crippen molar-refractivity contribution in [2.75, 3.05) is 12.3 Å². The summed E-state index contributed by atoms with van der Waals surface area (Å²) in [7, 11) is 0. The molecule has 0 aliphatic heterocycles. The van der Waals surface area contributed by atoms with Crippen molar-refractivity contribution < 1.29 is 0 Å². The Morgan fingerprint density at radius 1 is 1.42 bits per heavy atom. The Bertz CT molecular complexity index is 414. The van der Waals surface area contributed by atoms with Gasteiger partial charge in [0.1, 0.15) is 5.82 Å². The average molecular weight is 282 g/mol. The van der Waals surface area contributed by atoms with Crippen LogP contribution in [0.15, 0.2) is 12.3 Å². The van der Waals surface area contributed by atoms with Crippen LogP contribution in [0.4, 0.5) is 5.82 Å². The second-order valence-corrected chi connectivity index (χ2v) is 6.12. The van der Waals surface area contributed by atoms with Gasteiger partial charge in [-0.1, -0.05) is 38.3 Å². The smallest absolute Gasteiger partial charge is 0.128 e. The maximum Gasteiger partial charge on any atom is 0.128 e. The van der Waals surface area contributed by atoms with E-state index in [2.05, 4.69) is 24.1 Å². The standard InChI is InChI=1S/C15H24ClN3/c1-3-18-14(11-6-4-10(2)5-7-11)13-8-12(16)9-19-15(13)17/h8-11,14,18H,3-7H2,1-2H3,(H2,17,19). The average Bonchev–Trinajstić information content (AvgIpc) is 2.40. The van der Waals surface area contributed by atoms with Gasteiger partial charge in [-0.25, -0.2) is 4.98 Å². The maximum atomic E-state index is 6.08. The number of nitrogen functional groups attached to an aromatic ring is 1. The van der Waals surface area contributed by atoms with Crippen molar-refractivity contribution in [1.29, 1.82) is 0 Å². The Labute approximate surface area is 120 Å². The molecule has 19 heavy (non-hydrogen) atoms. The lowest BCUT2D eigenvalue weighted by molar-refractivity contribution is 0.233. The second-order valence-electron chi connectivity index (χ2n) is 5.68. The SMILES string of the molecule is CCNC(c1cc(Cl)cnc1N)C1CCC(C)CC1. The van der Waals surface area contributed by atoms with Crippen LogP contribution in [0.3, 0.4) is 0 Å². The molecule has 106 valence electrons. The summed E-state index contributed by atoms with van der Waals surface area (Å²) in [5.74, 6) is 2.10. The number of hydrogen-bond acceptors (Lipinski definition) is 3. The number of rotatable bonds is 4. The highest BCUT2D eigenvalue weighted by molar-refractivity contribution is 6.30. The summed E-state index contributed by atoms with van der Waals surface area (Å²) in [5, 5.41) is 4.24. The summed E-state index contributed by atoms with van der Waals surface area (Å²) in [4.78, 5) is 4.20. The van der Waals surface area contributed by atoms with Gasteiger partial charge in [0.2, 0.25) is 0 Å². The molecule has 1 aromatic heterocycles. The van der Waals surface area contributed by atoms with Crippen LogP contribution in [0.25, 0.3) is 0 Å². The van der Waals surface area contributed by atoms with Crippen molar-refractivity contribution in [3.63, 3.8) is 0 Å². The first kappa shape index (κ1) is 14.6. The first-order chi connectivity index (χ1) is 9.11. The van der Waals surface area contributed by atoms with Crippen LogP contribution in [0, 0.1) is 11.8 Å². The van der Waals surface area contributed by atoms with Gasteiger partial charge >= 0.3 is 0 Å². The Kier molecular flexibility index (Phi) is 5.06. The third-order valence-electron chi connectivity index (χ3n) is 4.21. The minimum atomic E-state index is 0.281. The highest BCUT2D eigenvalue weighted by atomic mass is 35.5. The largest absolute Gasteiger partial charge is 0.383 e. The predicted octanol–water partition coefficient (Wildman–Crippen LogP) is 3.79. The summed E-state index contributed by atoms with van der Waals surface area (Å²) >= 11 is 6.08. The highest BCUT2D eigenvalue weighted by Gasteiger charge is 2.28. The summed E-state index contributed by atoms with van der Waals surface area (Å²) in [6.45, 7) is 5.41. The predicted molar refractivity (Wildman–Crippen MR) is 81.2 cm³/mol. The molecule has 1 aliphatic rings. The molecule has 1 atom stereocenters. The Morgan fingerprint density at radius 2 is 2.11 bits per heavy atom. The van der Waals surface area contributed by atoms with Gasteiger partial charge in [-0.3, -0.25) is 0 Å². The van der Waals surface area contributed by atoms with Crippen LogP contribution in [-0.4, -0.2) is 11.5 Å². The lowest BCUT2D eigenvalue weighted by Gasteiger charge is -2.33. The molecule has 0 amide bonds. The van der Waals surface area contributed by atoms with Crippen molar-refractivity contribution in [3.05, 3.63) is 22.8 Å². The zero-order chi connectivity index (χ0) is 13.8. The maximum absolute atomic E-state index is 6.08. The topological polar surface area (TPSA) is 50.9 Å². The number of nitrogens with zero attached hydrogens (tertiary/aromatic N) is 1. The molecule has 1 heterocycles. The third-order valence-corrected chi connectivity index (χ3v) is 4.41. The summed E-state index contributed by atoms with van der Waals surface area (Å²) < 4.78 is 0. The molecule has 2 rings (SSSR count). The Hall–Kier alpha value is -0.800. The number of pyridine rings is 1. The fourth-order valence-corrected chi connectivity index (χ4v) is 3.25. The number of halogens is 1. The van der Waals surface area contributed by atoms with E-state index in [1.54, 1.807) is 6.20 Å². The molecule has 0 spiro atoms.